The molecule has 0 atom stereocenters. The molecule has 27 heavy (non-hydrogen) atoms. The Bertz CT molecular complexity index is 1230. The fourth-order valence-corrected chi connectivity index (χ4v) is 3.26. The van der Waals surface area contributed by atoms with E-state index in [1.165, 1.54) is 0 Å². The van der Waals surface area contributed by atoms with E-state index >= 15 is 0 Å². The van der Waals surface area contributed by atoms with Crippen molar-refractivity contribution < 1.29 is 19.4 Å². The highest BCUT2D eigenvalue weighted by Gasteiger charge is 2.19. The third kappa shape index (κ3) is 2.96. The maximum Gasteiger partial charge on any atom is 0.204 e. The van der Waals surface area contributed by atoms with Gasteiger partial charge in [-0.1, -0.05) is 41.9 Å². The van der Waals surface area contributed by atoms with Crippen LogP contribution in [0.2, 0.25) is 5.02 Å². The van der Waals surface area contributed by atoms with Crippen molar-refractivity contribution in [3.63, 3.8) is 0 Å². The molecule has 6 heteroatoms. The van der Waals surface area contributed by atoms with Gasteiger partial charge in [0, 0.05) is 12.1 Å². The molecular formula is C21H15ClO5. The maximum absolute atomic E-state index is 12.9. The first kappa shape index (κ1) is 17.2. The lowest BCUT2D eigenvalue weighted by Crippen LogP contribution is -2.05. The third-order valence-corrected chi connectivity index (χ3v) is 4.73. The van der Waals surface area contributed by atoms with Gasteiger partial charge in [-0.15, -0.1) is 0 Å². The van der Waals surface area contributed by atoms with Gasteiger partial charge < -0.3 is 19.4 Å². The highest BCUT2D eigenvalue weighted by Crippen LogP contribution is 2.38. The Balaban J connectivity index is 1.88. The summed E-state index contributed by atoms with van der Waals surface area (Å²) in [6.07, 6.45) is 0. The Hall–Kier alpha value is -3.18. The van der Waals surface area contributed by atoms with Crippen molar-refractivity contribution in [2.24, 2.45) is 0 Å². The predicted octanol–water partition coefficient (Wildman–Crippen LogP) is 4.90. The summed E-state index contributed by atoms with van der Waals surface area (Å²) in [7, 11) is 0. The molecule has 0 aliphatic rings. The summed E-state index contributed by atoms with van der Waals surface area (Å²) in [6, 6.07) is 14.1. The van der Waals surface area contributed by atoms with E-state index < -0.39 is 5.43 Å². The summed E-state index contributed by atoms with van der Waals surface area (Å²) < 4.78 is 11.6. The van der Waals surface area contributed by atoms with Crippen LogP contribution in [0.15, 0.2) is 57.7 Å². The fraction of sp³-hybridized carbons (Fsp3) is 0.0952. The summed E-state index contributed by atoms with van der Waals surface area (Å²) in [5, 5.41) is 20.0. The average Bonchev–Trinajstić information content (AvgIpc) is 2.64. The number of rotatable bonds is 3. The minimum atomic E-state index is -0.419. The Labute approximate surface area is 159 Å². The van der Waals surface area contributed by atoms with Gasteiger partial charge in [0.15, 0.2) is 5.58 Å². The number of fused-ring (bicyclic) bond motifs is 2. The second kappa shape index (κ2) is 6.52. The lowest BCUT2D eigenvalue weighted by atomic mass is 10.1. The van der Waals surface area contributed by atoms with Crippen LogP contribution >= 0.6 is 11.6 Å². The number of phenols is 2. The molecule has 0 spiro atoms. The molecule has 0 fully saturated rings. The summed E-state index contributed by atoms with van der Waals surface area (Å²) in [5.41, 5.74) is 1.44. The van der Waals surface area contributed by atoms with Crippen molar-refractivity contribution in [3.05, 3.63) is 74.9 Å². The lowest BCUT2D eigenvalue weighted by molar-refractivity contribution is 0.306. The van der Waals surface area contributed by atoms with E-state index in [1.54, 1.807) is 19.1 Å². The molecule has 0 aliphatic carbocycles. The van der Waals surface area contributed by atoms with Gasteiger partial charge in [-0.25, -0.2) is 0 Å². The van der Waals surface area contributed by atoms with E-state index in [1.807, 2.05) is 30.3 Å². The van der Waals surface area contributed by atoms with Gasteiger partial charge in [0.25, 0.3) is 0 Å². The van der Waals surface area contributed by atoms with Crippen molar-refractivity contribution in [1.82, 2.24) is 0 Å². The SMILES string of the molecule is Cc1cc(OCc2ccccc2)cc2oc3c(Cl)c(O)cc(O)c3c(=O)c12. The van der Waals surface area contributed by atoms with Gasteiger partial charge in [-0.2, -0.15) is 0 Å². The smallest absolute Gasteiger partial charge is 0.204 e. The average molecular weight is 383 g/mol. The quantitative estimate of drug-likeness (QED) is 0.493. The van der Waals surface area contributed by atoms with Gasteiger partial charge in [0.2, 0.25) is 5.43 Å². The lowest BCUT2D eigenvalue weighted by Gasteiger charge is -2.11. The highest BCUT2D eigenvalue weighted by atomic mass is 35.5. The predicted molar refractivity (Wildman–Crippen MR) is 104 cm³/mol. The minimum absolute atomic E-state index is 0.0636. The number of hydrogen-bond acceptors (Lipinski definition) is 5. The first-order chi connectivity index (χ1) is 13.0. The van der Waals surface area contributed by atoms with Gasteiger partial charge in [0.05, 0.1) is 5.39 Å². The number of ether oxygens (including phenoxy) is 1. The van der Waals surface area contributed by atoms with Crippen molar-refractivity contribution in [2.75, 3.05) is 0 Å². The molecule has 5 nitrogen and oxygen atoms in total. The molecule has 2 N–H and O–H groups in total. The van der Waals surface area contributed by atoms with Gasteiger partial charge in [0.1, 0.15) is 39.8 Å². The van der Waals surface area contributed by atoms with Gasteiger partial charge >= 0.3 is 0 Å². The molecule has 0 bridgehead atoms. The molecule has 136 valence electrons. The first-order valence-corrected chi connectivity index (χ1v) is 8.62. The molecule has 0 amide bonds. The normalized spacial score (nSPS) is 11.2. The Morgan fingerprint density at radius 2 is 1.78 bits per heavy atom. The zero-order valence-electron chi connectivity index (χ0n) is 14.3. The molecular weight excluding hydrogens is 368 g/mol. The number of phenolic OH excluding ortho intramolecular Hbond substituents is 2. The number of hydrogen-bond donors (Lipinski definition) is 2. The molecule has 0 saturated heterocycles. The second-order valence-corrected chi connectivity index (χ2v) is 6.63. The summed E-state index contributed by atoms with van der Waals surface area (Å²) in [5.74, 6) is -0.212. The molecule has 1 aromatic heterocycles. The van der Waals surface area contributed by atoms with Crippen LogP contribution < -0.4 is 10.2 Å². The van der Waals surface area contributed by atoms with Crippen molar-refractivity contribution >= 4 is 33.5 Å². The van der Waals surface area contributed by atoms with E-state index in [2.05, 4.69) is 0 Å². The molecule has 0 aliphatic heterocycles. The van der Waals surface area contributed by atoms with Crippen molar-refractivity contribution in [1.29, 1.82) is 0 Å². The van der Waals surface area contributed by atoms with Crippen LogP contribution in [-0.4, -0.2) is 10.2 Å². The molecule has 3 aromatic carbocycles. The molecule has 0 saturated carbocycles. The van der Waals surface area contributed by atoms with Crippen LogP contribution in [0, 0.1) is 6.92 Å². The summed E-state index contributed by atoms with van der Waals surface area (Å²) >= 11 is 6.07. The summed E-state index contributed by atoms with van der Waals surface area (Å²) in [4.78, 5) is 12.9. The molecule has 0 unspecified atom stereocenters. The monoisotopic (exact) mass is 382 g/mol. The zero-order chi connectivity index (χ0) is 19.1. The van der Waals surface area contributed by atoms with E-state index in [0.29, 0.717) is 23.3 Å². The number of aromatic hydroxyl groups is 2. The minimum Gasteiger partial charge on any atom is -0.507 e. The van der Waals surface area contributed by atoms with Gasteiger partial charge in [-0.05, 0) is 24.1 Å². The van der Waals surface area contributed by atoms with Crippen LogP contribution in [0.5, 0.6) is 17.2 Å². The van der Waals surface area contributed by atoms with E-state index in [0.717, 1.165) is 11.6 Å². The van der Waals surface area contributed by atoms with Crippen LogP contribution in [0.1, 0.15) is 11.1 Å². The van der Waals surface area contributed by atoms with Crippen LogP contribution in [0.25, 0.3) is 21.9 Å². The number of aryl methyl sites for hydroxylation is 1. The molecule has 4 rings (SSSR count). The maximum atomic E-state index is 12.9. The van der Waals surface area contributed by atoms with Crippen molar-refractivity contribution in [2.45, 2.75) is 13.5 Å². The van der Waals surface area contributed by atoms with Crippen LogP contribution in [0.4, 0.5) is 0 Å². The third-order valence-electron chi connectivity index (χ3n) is 4.37. The fourth-order valence-electron chi connectivity index (χ4n) is 3.08. The first-order valence-electron chi connectivity index (χ1n) is 8.24. The molecule has 1 heterocycles. The standard InChI is InChI=1S/C21H15ClO5/c1-11-7-13(26-10-12-5-3-2-4-6-12)8-16-17(11)20(25)18-14(23)9-15(24)19(22)21(18)27-16/h2-9,23-24H,10H2,1H3. The zero-order valence-corrected chi connectivity index (χ0v) is 15.1. The van der Waals surface area contributed by atoms with Crippen LogP contribution in [-0.2, 0) is 6.61 Å². The Morgan fingerprint density at radius 3 is 2.52 bits per heavy atom. The van der Waals surface area contributed by atoms with Crippen LogP contribution in [0.3, 0.4) is 0 Å². The topological polar surface area (TPSA) is 79.9 Å². The Kier molecular flexibility index (Phi) is 4.16. The molecule has 0 radical (unpaired) electrons. The largest absolute Gasteiger partial charge is 0.507 e. The summed E-state index contributed by atoms with van der Waals surface area (Å²) in [6.45, 7) is 2.13. The Morgan fingerprint density at radius 1 is 1.04 bits per heavy atom. The number of halogens is 1. The second-order valence-electron chi connectivity index (χ2n) is 6.25. The van der Waals surface area contributed by atoms with E-state index in [-0.39, 0.29) is 33.1 Å². The number of benzene rings is 3. The van der Waals surface area contributed by atoms with Gasteiger partial charge in [-0.3, -0.25) is 4.79 Å². The van der Waals surface area contributed by atoms with E-state index in [4.69, 9.17) is 20.8 Å². The van der Waals surface area contributed by atoms with E-state index in [9.17, 15) is 15.0 Å². The van der Waals surface area contributed by atoms with Crippen molar-refractivity contribution in [3.8, 4) is 17.2 Å². The highest BCUT2D eigenvalue weighted by molar-refractivity contribution is 6.36. The molecule has 4 aromatic rings.